The normalized spacial score (nSPS) is 25.6. The molecule has 1 saturated heterocycles. The van der Waals surface area contributed by atoms with Crippen LogP contribution in [0.2, 0.25) is 5.02 Å². The fraction of sp³-hybridized carbons (Fsp3) is 0.750. The summed E-state index contributed by atoms with van der Waals surface area (Å²) < 4.78 is 7.61. The maximum Gasteiger partial charge on any atom is 0.0860 e. The Morgan fingerprint density at radius 3 is 2.83 bits per heavy atom. The van der Waals surface area contributed by atoms with Gasteiger partial charge >= 0.3 is 0 Å². The minimum absolute atomic E-state index is 0.259. The van der Waals surface area contributed by atoms with Crippen LogP contribution < -0.4 is 0 Å². The molecule has 102 valence electrons. The van der Waals surface area contributed by atoms with Gasteiger partial charge in [0, 0.05) is 31.5 Å². The number of ether oxygens (including phenoxy) is 1. The Labute approximate surface area is 121 Å². The minimum atomic E-state index is 0.259. The van der Waals surface area contributed by atoms with Gasteiger partial charge in [-0.3, -0.25) is 9.58 Å². The molecular weight excluding hydrogens is 318 g/mol. The van der Waals surface area contributed by atoms with E-state index in [1.54, 1.807) is 0 Å². The molecule has 1 aromatic rings. The number of hydrogen-bond donors (Lipinski definition) is 0. The predicted molar refractivity (Wildman–Crippen MR) is 76.4 cm³/mol. The molecule has 2 heterocycles. The number of morpholine rings is 1. The molecule has 1 aliphatic heterocycles. The molecule has 2 rings (SSSR count). The highest BCUT2D eigenvalue weighted by molar-refractivity contribution is 9.09. The number of halogens is 2. The lowest BCUT2D eigenvalue weighted by Gasteiger charge is -2.37. The third-order valence-electron chi connectivity index (χ3n) is 3.42. The average Bonchev–Trinajstić information content (AvgIpc) is 2.58. The van der Waals surface area contributed by atoms with Crippen molar-refractivity contribution in [1.29, 1.82) is 0 Å². The van der Waals surface area contributed by atoms with Gasteiger partial charge in [-0.05, 0) is 13.8 Å². The highest BCUT2D eigenvalue weighted by atomic mass is 79.9. The van der Waals surface area contributed by atoms with E-state index in [1.165, 1.54) is 0 Å². The van der Waals surface area contributed by atoms with E-state index < -0.39 is 0 Å². The van der Waals surface area contributed by atoms with Crippen molar-refractivity contribution in [2.24, 2.45) is 7.05 Å². The zero-order chi connectivity index (χ0) is 13.3. The van der Waals surface area contributed by atoms with Crippen molar-refractivity contribution in [1.82, 2.24) is 14.7 Å². The fourth-order valence-electron chi connectivity index (χ4n) is 2.23. The summed E-state index contributed by atoms with van der Waals surface area (Å²) in [5.41, 5.74) is 1.98. The van der Waals surface area contributed by atoms with Gasteiger partial charge in [0.15, 0.2) is 0 Å². The summed E-state index contributed by atoms with van der Waals surface area (Å²) in [6, 6.07) is 0.409. The van der Waals surface area contributed by atoms with Crippen LogP contribution in [0.3, 0.4) is 0 Å². The molecule has 18 heavy (non-hydrogen) atoms. The first kappa shape index (κ1) is 14.3. The molecule has 2 atom stereocenters. The third kappa shape index (κ3) is 2.90. The summed E-state index contributed by atoms with van der Waals surface area (Å²) in [7, 11) is 1.95. The summed E-state index contributed by atoms with van der Waals surface area (Å²) in [5, 5.41) is 6.01. The van der Waals surface area contributed by atoms with Gasteiger partial charge in [-0.15, -0.1) is 0 Å². The molecule has 0 radical (unpaired) electrons. The molecule has 2 unspecified atom stereocenters. The molecule has 1 aliphatic rings. The van der Waals surface area contributed by atoms with Crippen LogP contribution in [-0.4, -0.2) is 45.3 Å². The van der Waals surface area contributed by atoms with Gasteiger partial charge in [0.2, 0.25) is 0 Å². The van der Waals surface area contributed by atoms with E-state index in [0.717, 1.165) is 41.4 Å². The zero-order valence-electron chi connectivity index (χ0n) is 11.0. The Morgan fingerprint density at radius 1 is 1.56 bits per heavy atom. The number of aryl methyl sites for hydroxylation is 2. The first-order valence-electron chi connectivity index (χ1n) is 6.12. The maximum absolute atomic E-state index is 6.30. The van der Waals surface area contributed by atoms with Crippen molar-refractivity contribution in [3.63, 3.8) is 0 Å². The van der Waals surface area contributed by atoms with E-state index in [4.69, 9.17) is 16.3 Å². The fourth-order valence-corrected chi connectivity index (χ4v) is 2.84. The molecule has 6 heteroatoms. The number of hydrogen-bond acceptors (Lipinski definition) is 3. The molecule has 4 nitrogen and oxygen atoms in total. The molecular formula is C12H19BrClN3O. The van der Waals surface area contributed by atoms with Crippen molar-refractivity contribution in [3.05, 3.63) is 16.4 Å². The Bertz CT molecular complexity index is 424. The second-order valence-electron chi connectivity index (χ2n) is 4.86. The zero-order valence-corrected chi connectivity index (χ0v) is 13.3. The second kappa shape index (κ2) is 5.90. The molecule has 0 bridgehead atoms. The lowest BCUT2D eigenvalue weighted by Crippen LogP contribution is -2.48. The van der Waals surface area contributed by atoms with Crippen LogP contribution in [0.4, 0.5) is 0 Å². The van der Waals surface area contributed by atoms with E-state index in [0.29, 0.717) is 6.04 Å². The number of nitrogens with zero attached hydrogens (tertiary/aromatic N) is 3. The average molecular weight is 337 g/mol. The molecule has 1 aromatic heterocycles. The molecule has 0 spiro atoms. The van der Waals surface area contributed by atoms with Crippen molar-refractivity contribution >= 4 is 27.5 Å². The van der Waals surface area contributed by atoms with Crippen LogP contribution in [0.1, 0.15) is 18.3 Å². The van der Waals surface area contributed by atoms with E-state index in [-0.39, 0.29) is 6.10 Å². The van der Waals surface area contributed by atoms with Crippen LogP contribution in [0, 0.1) is 6.92 Å². The van der Waals surface area contributed by atoms with Crippen molar-refractivity contribution in [3.8, 4) is 0 Å². The summed E-state index contributed by atoms with van der Waals surface area (Å²) in [4.78, 5) is 2.40. The summed E-state index contributed by atoms with van der Waals surface area (Å²) in [5.74, 6) is 0. The monoisotopic (exact) mass is 335 g/mol. The first-order chi connectivity index (χ1) is 8.52. The largest absolute Gasteiger partial charge is 0.374 e. The van der Waals surface area contributed by atoms with Crippen LogP contribution in [0.25, 0.3) is 0 Å². The van der Waals surface area contributed by atoms with Crippen molar-refractivity contribution in [2.75, 3.05) is 18.5 Å². The van der Waals surface area contributed by atoms with E-state index in [1.807, 2.05) is 18.7 Å². The van der Waals surface area contributed by atoms with Crippen molar-refractivity contribution in [2.45, 2.75) is 32.5 Å². The van der Waals surface area contributed by atoms with Gasteiger partial charge in [-0.1, -0.05) is 27.5 Å². The van der Waals surface area contributed by atoms with E-state index in [2.05, 4.69) is 32.9 Å². The predicted octanol–water partition coefficient (Wildman–Crippen LogP) is 2.37. The Morgan fingerprint density at radius 2 is 2.28 bits per heavy atom. The number of aromatic nitrogens is 2. The lowest BCUT2D eigenvalue weighted by atomic mass is 10.2. The summed E-state index contributed by atoms with van der Waals surface area (Å²) >= 11 is 9.78. The quantitative estimate of drug-likeness (QED) is 0.794. The van der Waals surface area contributed by atoms with Crippen LogP contribution >= 0.6 is 27.5 Å². The smallest absolute Gasteiger partial charge is 0.0860 e. The lowest BCUT2D eigenvalue weighted by molar-refractivity contribution is -0.0507. The van der Waals surface area contributed by atoms with Gasteiger partial charge in [0.05, 0.1) is 29.1 Å². The van der Waals surface area contributed by atoms with Gasteiger partial charge in [-0.25, -0.2) is 0 Å². The number of rotatable bonds is 3. The van der Waals surface area contributed by atoms with Crippen LogP contribution in [0.5, 0.6) is 0 Å². The number of alkyl halides is 1. The summed E-state index contributed by atoms with van der Waals surface area (Å²) in [6.45, 7) is 6.64. The summed E-state index contributed by atoms with van der Waals surface area (Å²) in [6.07, 6.45) is 0.259. The third-order valence-corrected chi connectivity index (χ3v) is 4.64. The Kier molecular flexibility index (Phi) is 4.69. The van der Waals surface area contributed by atoms with Gasteiger partial charge in [0.25, 0.3) is 0 Å². The Hall–Kier alpha value is -0.100. The standard InChI is InChI=1S/C12H19BrClN3O/c1-8-7-18-10(4-13)5-17(8)6-11-12(14)9(2)15-16(11)3/h8,10H,4-7H2,1-3H3. The van der Waals surface area contributed by atoms with Gasteiger partial charge in [0.1, 0.15) is 0 Å². The molecule has 0 amide bonds. The highest BCUT2D eigenvalue weighted by Crippen LogP contribution is 2.23. The van der Waals surface area contributed by atoms with Gasteiger partial charge in [-0.2, -0.15) is 5.10 Å². The van der Waals surface area contributed by atoms with Crippen molar-refractivity contribution < 1.29 is 4.74 Å². The first-order valence-corrected chi connectivity index (χ1v) is 7.62. The molecule has 0 N–H and O–H groups in total. The SMILES string of the molecule is Cc1nn(C)c(CN2CC(CBr)OCC2C)c1Cl. The molecule has 1 fully saturated rings. The Balaban J connectivity index is 2.11. The molecule has 0 aliphatic carbocycles. The molecule has 0 saturated carbocycles. The maximum atomic E-state index is 6.30. The van der Waals surface area contributed by atoms with Crippen LogP contribution in [-0.2, 0) is 18.3 Å². The van der Waals surface area contributed by atoms with E-state index in [9.17, 15) is 0 Å². The topological polar surface area (TPSA) is 30.3 Å². The minimum Gasteiger partial charge on any atom is -0.374 e. The van der Waals surface area contributed by atoms with E-state index >= 15 is 0 Å². The second-order valence-corrected chi connectivity index (χ2v) is 5.88. The highest BCUT2D eigenvalue weighted by Gasteiger charge is 2.27. The van der Waals surface area contributed by atoms with Crippen LogP contribution in [0.15, 0.2) is 0 Å². The van der Waals surface area contributed by atoms with Gasteiger partial charge < -0.3 is 4.74 Å². The molecule has 0 aromatic carbocycles.